The number of hydrogen-bond donors (Lipinski definition) is 2. The zero-order valence-electron chi connectivity index (χ0n) is 39.3. The highest BCUT2D eigenvalue weighted by atomic mass is 35.5. The normalized spacial score (nSPS) is 23.3. The molecule has 4 aromatic rings. The number of fused-ring (bicyclic) bond motifs is 1. The number of halogens is 3. The second-order valence-electron chi connectivity index (χ2n) is 18.9. The monoisotopic (exact) mass is 958 g/mol. The number of unbranched alkanes of at least 4 members (excludes halogenated alkanes) is 1. The van der Waals surface area contributed by atoms with Crippen molar-refractivity contribution in [3.05, 3.63) is 117 Å². The van der Waals surface area contributed by atoms with Crippen LogP contribution in [0.5, 0.6) is 0 Å². The van der Waals surface area contributed by atoms with Gasteiger partial charge in [0.25, 0.3) is 0 Å². The highest BCUT2D eigenvalue weighted by Crippen LogP contribution is 2.37. The lowest BCUT2D eigenvalue weighted by Gasteiger charge is -2.44. The van der Waals surface area contributed by atoms with Crippen molar-refractivity contribution < 1.29 is 18.4 Å². The van der Waals surface area contributed by atoms with Crippen LogP contribution >= 0.6 is 11.6 Å². The number of amides is 2. The molecule has 1 saturated carbocycles. The Kier molecular flexibility index (Phi) is 15.2. The van der Waals surface area contributed by atoms with Gasteiger partial charge in [-0.25, -0.2) is 18.6 Å². The molecule has 5 heterocycles. The summed E-state index contributed by atoms with van der Waals surface area (Å²) >= 11 is 6.10. The van der Waals surface area contributed by atoms with E-state index in [0.29, 0.717) is 40.8 Å². The van der Waals surface area contributed by atoms with Crippen molar-refractivity contribution in [3.63, 3.8) is 0 Å². The number of anilines is 1. The van der Waals surface area contributed by atoms with Gasteiger partial charge in [0.15, 0.2) is 0 Å². The van der Waals surface area contributed by atoms with E-state index in [1.54, 1.807) is 19.3 Å². The summed E-state index contributed by atoms with van der Waals surface area (Å²) in [6.07, 6.45) is 11.6. The molecule has 2 N–H and O–H groups in total. The van der Waals surface area contributed by atoms with Crippen LogP contribution in [-0.2, 0) is 23.2 Å². The molecule has 13 nitrogen and oxygen atoms in total. The van der Waals surface area contributed by atoms with Crippen LogP contribution in [0.25, 0.3) is 16.6 Å². The molecule has 3 unspecified atom stereocenters. The van der Waals surface area contributed by atoms with Gasteiger partial charge in [-0.3, -0.25) is 38.8 Å². The molecule has 362 valence electrons. The van der Waals surface area contributed by atoms with Gasteiger partial charge in [-0.1, -0.05) is 67.0 Å². The minimum Gasteiger partial charge on any atom is -0.366 e. The van der Waals surface area contributed by atoms with Crippen LogP contribution in [0.2, 0.25) is 5.02 Å². The first kappa shape index (κ1) is 48.1. The van der Waals surface area contributed by atoms with Crippen LogP contribution in [0.1, 0.15) is 86.9 Å². The molecular weight excluding hydrogens is 898 g/mol. The highest BCUT2D eigenvalue weighted by Gasteiger charge is 2.36. The third kappa shape index (κ3) is 11.1. The SMILES string of the molecule is C=N/C=C1/C(c2ccc(CN3CCN(C4CCN(CCCC#Cc5ccc6c(c5)n(C)c(=O)n6C5CCC(=O)NC5=O)CC4F)CC3)cc2)=CN(C2CCCCC2)/C1=N/CNc1cc(F)cc(Cl)c1. The molecule has 2 amide bonds. The van der Waals surface area contributed by atoms with E-state index in [9.17, 15) is 18.8 Å². The van der Waals surface area contributed by atoms with Crippen molar-refractivity contribution in [3.8, 4) is 11.8 Å². The molecule has 1 aliphatic carbocycles. The number of carbonyl (C=O) groups excluding carboxylic acids is 2. The van der Waals surface area contributed by atoms with E-state index >= 15 is 4.39 Å². The van der Waals surface area contributed by atoms with Gasteiger partial charge >= 0.3 is 5.69 Å². The van der Waals surface area contributed by atoms with Gasteiger partial charge in [0.05, 0.1) is 11.0 Å². The number of nitrogens with one attached hydrogen (secondary N) is 2. The van der Waals surface area contributed by atoms with Crippen LogP contribution in [0.3, 0.4) is 0 Å². The Bertz CT molecular complexity index is 2760. The minimum atomic E-state index is -0.904. The second-order valence-corrected chi connectivity index (χ2v) is 19.3. The van der Waals surface area contributed by atoms with E-state index in [2.05, 4.69) is 84.2 Å². The van der Waals surface area contributed by atoms with Crippen LogP contribution < -0.4 is 16.3 Å². The Morgan fingerprint density at radius 3 is 2.46 bits per heavy atom. The number of benzene rings is 3. The van der Waals surface area contributed by atoms with Crippen molar-refractivity contribution in [2.75, 3.05) is 57.8 Å². The molecule has 4 aliphatic heterocycles. The van der Waals surface area contributed by atoms with E-state index in [4.69, 9.17) is 16.6 Å². The number of imide groups is 1. The van der Waals surface area contributed by atoms with Gasteiger partial charge < -0.3 is 15.1 Å². The molecule has 9 rings (SSSR count). The van der Waals surface area contributed by atoms with Crippen molar-refractivity contribution in [1.29, 1.82) is 0 Å². The number of amidine groups is 1. The number of likely N-dealkylation sites (tertiary alicyclic amines) is 1. The molecule has 1 aromatic heterocycles. The summed E-state index contributed by atoms with van der Waals surface area (Å²) < 4.78 is 32.8. The summed E-state index contributed by atoms with van der Waals surface area (Å²) in [5.41, 5.74) is 6.61. The molecule has 4 fully saturated rings. The Balaban J connectivity index is 0.738. The van der Waals surface area contributed by atoms with Gasteiger partial charge in [0, 0.05) is 111 Å². The lowest BCUT2D eigenvalue weighted by atomic mass is 9.94. The summed E-state index contributed by atoms with van der Waals surface area (Å²) in [6.45, 7) is 10.4. The van der Waals surface area contributed by atoms with Crippen LogP contribution in [0.15, 0.2) is 93.4 Å². The first-order valence-electron chi connectivity index (χ1n) is 24.4. The quantitative estimate of drug-likeness (QED) is 0.0612. The number of piperidine rings is 2. The molecule has 0 spiro atoms. The molecule has 3 saturated heterocycles. The van der Waals surface area contributed by atoms with Gasteiger partial charge in [0.1, 0.15) is 30.5 Å². The van der Waals surface area contributed by atoms with E-state index < -0.39 is 23.9 Å². The van der Waals surface area contributed by atoms with E-state index in [0.717, 1.165) is 99.6 Å². The largest absolute Gasteiger partial charge is 0.366 e. The topological polar surface area (TPSA) is 123 Å². The van der Waals surface area contributed by atoms with Crippen molar-refractivity contribution in [2.24, 2.45) is 17.0 Å². The number of carbonyl (C=O) groups is 2. The van der Waals surface area contributed by atoms with Crippen LogP contribution in [0, 0.1) is 17.7 Å². The van der Waals surface area contributed by atoms with Gasteiger partial charge in [-0.15, -0.1) is 0 Å². The molecule has 0 bridgehead atoms. The zero-order chi connectivity index (χ0) is 48.0. The molecule has 5 aliphatic rings. The highest BCUT2D eigenvalue weighted by molar-refractivity contribution is 6.30. The first-order chi connectivity index (χ1) is 33.5. The maximum Gasteiger partial charge on any atom is 0.329 e. The third-order valence-corrected chi connectivity index (χ3v) is 14.6. The second kappa shape index (κ2) is 21.8. The first-order valence-corrected chi connectivity index (χ1v) is 24.8. The van der Waals surface area contributed by atoms with Crippen LogP contribution in [0.4, 0.5) is 14.5 Å². The van der Waals surface area contributed by atoms with E-state index in [1.165, 1.54) is 46.1 Å². The fraction of sp³-hybridized carbons (Fsp3) is 0.453. The Hall–Kier alpha value is -5.92. The Labute approximate surface area is 407 Å². The van der Waals surface area contributed by atoms with E-state index in [-0.39, 0.29) is 37.1 Å². The van der Waals surface area contributed by atoms with Crippen molar-refractivity contribution in [1.82, 2.24) is 34.1 Å². The van der Waals surface area contributed by atoms with E-state index in [1.807, 2.05) is 18.2 Å². The van der Waals surface area contributed by atoms with Gasteiger partial charge in [-0.05, 0) is 99.4 Å². The number of aromatic nitrogens is 2. The number of imidazole rings is 1. The molecular formula is C53H61ClF2N10O3. The number of aryl methyl sites for hydroxylation is 1. The van der Waals surface area contributed by atoms with Crippen molar-refractivity contribution in [2.45, 2.75) is 95.1 Å². The molecule has 3 aromatic carbocycles. The average molecular weight is 960 g/mol. The summed E-state index contributed by atoms with van der Waals surface area (Å²) in [4.78, 5) is 55.9. The van der Waals surface area contributed by atoms with Crippen molar-refractivity contribution >= 4 is 58.3 Å². The lowest BCUT2D eigenvalue weighted by Crippen LogP contribution is -2.57. The molecule has 16 heteroatoms. The Morgan fingerprint density at radius 2 is 1.72 bits per heavy atom. The number of nitrogens with zero attached hydrogens (tertiary/aromatic N) is 8. The zero-order valence-corrected chi connectivity index (χ0v) is 40.1. The lowest BCUT2D eigenvalue weighted by molar-refractivity contribution is -0.135. The number of aliphatic imine (C=N–C) groups is 2. The predicted molar refractivity (Wildman–Crippen MR) is 269 cm³/mol. The van der Waals surface area contributed by atoms with Gasteiger partial charge in [0.2, 0.25) is 11.8 Å². The smallest absolute Gasteiger partial charge is 0.329 e. The summed E-state index contributed by atoms with van der Waals surface area (Å²) in [5, 5.41) is 5.88. The summed E-state index contributed by atoms with van der Waals surface area (Å²) in [5.74, 6) is 6.12. The average Bonchev–Trinajstić information content (AvgIpc) is 3.82. The van der Waals surface area contributed by atoms with Crippen LogP contribution in [-0.4, -0.2) is 124 Å². The molecule has 69 heavy (non-hydrogen) atoms. The number of alkyl halides is 1. The Morgan fingerprint density at radius 1 is 0.928 bits per heavy atom. The minimum absolute atomic E-state index is 0.0672. The summed E-state index contributed by atoms with van der Waals surface area (Å²) in [7, 11) is 1.67. The fourth-order valence-electron chi connectivity index (χ4n) is 10.7. The maximum atomic E-state index is 15.8. The fourth-order valence-corrected chi connectivity index (χ4v) is 11.0. The standard InChI is InChI=1S/C53H61ClF2N10O3/c1-57-31-43-44(33-65(42-10-6-3-7-11-42)51(43)59-35-58-41-29-39(54)28-40(55)30-41)38-15-12-37(13-16-38)32-63-23-25-64(26-24-63)46-20-22-62(34-45(46)56)21-8-4-5-9-36-14-17-47-49(27-36)61(2)53(69)66(47)48-18-19-50(67)60-52(48)68/h12-17,27-31,33,42,45-46,48,58H,1,3-4,6-8,10-11,18-26,32,34-35H2,2H3,(H,60,67,68)/b43-31-,59-51+. The third-order valence-electron chi connectivity index (χ3n) is 14.4. The number of piperazine rings is 1. The van der Waals surface area contributed by atoms with Gasteiger partial charge in [-0.2, -0.15) is 0 Å². The molecule has 0 radical (unpaired) electrons. The maximum absolute atomic E-state index is 15.8. The number of rotatable bonds is 13. The predicted octanol–water partition coefficient (Wildman–Crippen LogP) is 7.51. The number of hydrogen-bond acceptors (Lipinski definition) is 9. The summed E-state index contributed by atoms with van der Waals surface area (Å²) in [6, 6.07) is 18.2. The molecule has 3 atom stereocenters.